The van der Waals surface area contributed by atoms with Gasteiger partial charge in [-0.25, -0.2) is 4.98 Å². The topological polar surface area (TPSA) is 114 Å². The molecule has 0 fully saturated rings. The number of thioether (sulfide) groups is 1. The maximum Gasteiger partial charge on any atom is 0.269 e. The van der Waals surface area contributed by atoms with E-state index in [9.17, 15) is 14.4 Å². The summed E-state index contributed by atoms with van der Waals surface area (Å²) in [5, 5.41) is 0. The van der Waals surface area contributed by atoms with Gasteiger partial charge in [-0.3, -0.25) is 25.2 Å². The van der Waals surface area contributed by atoms with Crippen LogP contribution in [0.25, 0.3) is 0 Å². The number of carbonyl (C=O) groups is 3. The molecular formula is C15H16N4O3S2. The smallest absolute Gasteiger partial charge is 0.269 e. The van der Waals surface area contributed by atoms with Crippen LogP contribution in [0.4, 0.5) is 0 Å². The summed E-state index contributed by atoms with van der Waals surface area (Å²) in [5.41, 5.74) is 11.1. The first kappa shape index (κ1) is 18.0. The van der Waals surface area contributed by atoms with Gasteiger partial charge >= 0.3 is 0 Å². The van der Waals surface area contributed by atoms with Gasteiger partial charge in [0, 0.05) is 10.4 Å². The molecule has 0 saturated heterocycles. The summed E-state index contributed by atoms with van der Waals surface area (Å²) in [4.78, 5) is 39.6. The molecule has 0 atom stereocenters. The van der Waals surface area contributed by atoms with E-state index in [1.54, 1.807) is 37.3 Å². The molecule has 0 radical (unpaired) electrons. The van der Waals surface area contributed by atoms with Crippen LogP contribution in [0.5, 0.6) is 0 Å². The first-order chi connectivity index (χ1) is 11.5. The van der Waals surface area contributed by atoms with E-state index < -0.39 is 5.91 Å². The van der Waals surface area contributed by atoms with Gasteiger partial charge < -0.3 is 5.73 Å². The summed E-state index contributed by atoms with van der Waals surface area (Å²) in [7, 11) is 0. The van der Waals surface area contributed by atoms with Crippen molar-refractivity contribution in [3.05, 3.63) is 46.5 Å². The number of amides is 3. The zero-order valence-corrected chi connectivity index (χ0v) is 14.5. The van der Waals surface area contributed by atoms with Gasteiger partial charge in [-0.15, -0.1) is 11.3 Å². The zero-order chi connectivity index (χ0) is 17.5. The van der Waals surface area contributed by atoms with Crippen LogP contribution in [0.15, 0.2) is 34.7 Å². The largest absolute Gasteiger partial charge is 0.369 e. The van der Waals surface area contributed by atoms with E-state index >= 15 is 0 Å². The molecule has 126 valence electrons. The van der Waals surface area contributed by atoms with Crippen molar-refractivity contribution in [3.63, 3.8) is 0 Å². The molecule has 24 heavy (non-hydrogen) atoms. The van der Waals surface area contributed by atoms with Gasteiger partial charge in [-0.05, 0) is 19.1 Å². The van der Waals surface area contributed by atoms with Crippen molar-refractivity contribution in [2.45, 2.75) is 17.7 Å². The summed E-state index contributed by atoms with van der Waals surface area (Å²) >= 11 is 2.56. The van der Waals surface area contributed by atoms with Crippen LogP contribution < -0.4 is 16.6 Å². The molecule has 9 heteroatoms. The van der Waals surface area contributed by atoms with Crippen LogP contribution in [0, 0.1) is 6.92 Å². The number of nitrogens with zero attached hydrogens (tertiary/aromatic N) is 1. The molecule has 1 aromatic heterocycles. The van der Waals surface area contributed by atoms with E-state index in [4.69, 9.17) is 5.73 Å². The summed E-state index contributed by atoms with van der Waals surface area (Å²) < 4.78 is 0.674. The Balaban J connectivity index is 1.79. The minimum Gasteiger partial charge on any atom is -0.369 e. The van der Waals surface area contributed by atoms with Gasteiger partial charge in [0.2, 0.25) is 11.8 Å². The predicted molar refractivity (Wildman–Crippen MR) is 92.5 cm³/mol. The monoisotopic (exact) mass is 364 g/mol. The number of aryl methyl sites for hydroxylation is 1. The molecule has 0 unspecified atom stereocenters. The minimum atomic E-state index is -0.417. The fraction of sp³-hybridized carbons (Fsp3) is 0.200. The van der Waals surface area contributed by atoms with Gasteiger partial charge in [0.05, 0.1) is 17.9 Å². The number of primary amides is 1. The summed E-state index contributed by atoms with van der Waals surface area (Å²) in [6, 6.07) is 8.57. The van der Waals surface area contributed by atoms with E-state index in [2.05, 4.69) is 15.8 Å². The van der Waals surface area contributed by atoms with E-state index in [-0.39, 0.29) is 24.0 Å². The molecule has 2 rings (SSSR count). The highest BCUT2D eigenvalue weighted by Crippen LogP contribution is 2.27. The lowest BCUT2D eigenvalue weighted by Gasteiger charge is -2.06. The Morgan fingerprint density at radius 2 is 1.92 bits per heavy atom. The number of hydrogen-bond donors (Lipinski definition) is 3. The fourth-order valence-corrected chi connectivity index (χ4v) is 3.78. The lowest BCUT2D eigenvalue weighted by molar-refractivity contribution is -0.119. The molecule has 3 amide bonds. The SMILES string of the molecule is Cc1nc(SCC(=O)NNC(=O)c2ccccc2)sc1CC(N)=O. The van der Waals surface area contributed by atoms with Crippen molar-refractivity contribution in [2.75, 3.05) is 5.75 Å². The van der Waals surface area contributed by atoms with Gasteiger partial charge in [0.25, 0.3) is 5.91 Å². The molecule has 2 aromatic rings. The third-order valence-electron chi connectivity index (χ3n) is 2.89. The standard InChI is InChI=1S/C15H16N4O3S2/c1-9-11(7-12(16)20)24-15(17-9)23-8-13(21)18-19-14(22)10-5-3-2-4-6-10/h2-6H,7-8H2,1H3,(H2,16,20)(H,18,21)(H,19,22). The Morgan fingerprint density at radius 1 is 1.21 bits per heavy atom. The molecule has 0 aliphatic rings. The number of hydrazine groups is 1. The predicted octanol–water partition coefficient (Wildman–Crippen LogP) is 1.03. The summed E-state index contributed by atoms with van der Waals surface area (Å²) in [5.74, 6) is -1.06. The highest BCUT2D eigenvalue weighted by molar-refractivity contribution is 8.01. The van der Waals surface area contributed by atoms with Crippen molar-refractivity contribution in [1.82, 2.24) is 15.8 Å². The van der Waals surface area contributed by atoms with Crippen molar-refractivity contribution < 1.29 is 14.4 Å². The van der Waals surface area contributed by atoms with Crippen LogP contribution >= 0.6 is 23.1 Å². The Hall–Kier alpha value is -2.39. The second-order valence-electron chi connectivity index (χ2n) is 4.79. The second kappa shape index (κ2) is 8.46. The van der Waals surface area contributed by atoms with Crippen LogP contribution in [-0.4, -0.2) is 28.5 Å². The molecular weight excluding hydrogens is 348 g/mol. The van der Waals surface area contributed by atoms with Gasteiger partial charge in [-0.2, -0.15) is 0 Å². The maximum absolute atomic E-state index is 11.8. The first-order valence-corrected chi connectivity index (χ1v) is 8.77. The van der Waals surface area contributed by atoms with E-state index in [1.165, 1.54) is 23.1 Å². The Labute approximate surface area is 147 Å². The Bertz CT molecular complexity index is 746. The third-order valence-corrected chi connectivity index (χ3v) is 5.19. The van der Waals surface area contributed by atoms with Crippen LogP contribution in [0.3, 0.4) is 0 Å². The van der Waals surface area contributed by atoms with E-state index in [0.717, 1.165) is 10.6 Å². The number of nitrogens with one attached hydrogen (secondary N) is 2. The van der Waals surface area contributed by atoms with Crippen molar-refractivity contribution in [2.24, 2.45) is 5.73 Å². The van der Waals surface area contributed by atoms with Crippen molar-refractivity contribution in [3.8, 4) is 0 Å². The van der Waals surface area contributed by atoms with Gasteiger partial charge in [-0.1, -0.05) is 30.0 Å². The molecule has 0 spiro atoms. The third kappa shape index (κ3) is 5.36. The number of thiazole rings is 1. The molecule has 1 heterocycles. The molecule has 7 nitrogen and oxygen atoms in total. The fourth-order valence-electron chi connectivity index (χ4n) is 1.74. The molecule has 4 N–H and O–H groups in total. The maximum atomic E-state index is 11.8. The Kier molecular flexibility index (Phi) is 6.33. The van der Waals surface area contributed by atoms with Crippen LogP contribution in [0.2, 0.25) is 0 Å². The molecule has 0 aliphatic heterocycles. The number of carbonyl (C=O) groups excluding carboxylic acids is 3. The average molecular weight is 364 g/mol. The van der Waals surface area contributed by atoms with Crippen LogP contribution in [0.1, 0.15) is 20.9 Å². The molecule has 0 aliphatic carbocycles. The number of aromatic nitrogens is 1. The van der Waals surface area contributed by atoms with Crippen LogP contribution in [-0.2, 0) is 16.0 Å². The number of hydrogen-bond acceptors (Lipinski definition) is 6. The second-order valence-corrected chi connectivity index (χ2v) is 7.09. The molecule has 1 aromatic carbocycles. The molecule has 0 bridgehead atoms. The minimum absolute atomic E-state index is 0.0953. The zero-order valence-electron chi connectivity index (χ0n) is 12.9. The van der Waals surface area contributed by atoms with E-state index in [1.807, 2.05) is 0 Å². The average Bonchev–Trinajstić information content (AvgIpc) is 2.90. The summed E-state index contributed by atoms with van der Waals surface area (Å²) in [6.45, 7) is 1.79. The highest BCUT2D eigenvalue weighted by atomic mass is 32.2. The quantitative estimate of drug-likeness (QED) is 0.523. The lowest BCUT2D eigenvalue weighted by Crippen LogP contribution is -2.42. The highest BCUT2D eigenvalue weighted by Gasteiger charge is 2.12. The number of rotatable bonds is 6. The van der Waals surface area contributed by atoms with Gasteiger partial charge in [0.1, 0.15) is 0 Å². The lowest BCUT2D eigenvalue weighted by atomic mass is 10.2. The number of benzene rings is 1. The molecule has 0 saturated carbocycles. The van der Waals surface area contributed by atoms with Crippen molar-refractivity contribution in [1.29, 1.82) is 0 Å². The normalized spacial score (nSPS) is 10.2. The summed E-state index contributed by atoms with van der Waals surface area (Å²) in [6.07, 6.45) is 0.142. The van der Waals surface area contributed by atoms with E-state index in [0.29, 0.717) is 9.90 Å². The number of nitrogens with two attached hydrogens (primary N) is 1. The van der Waals surface area contributed by atoms with Gasteiger partial charge in [0.15, 0.2) is 4.34 Å². The van der Waals surface area contributed by atoms with Crippen molar-refractivity contribution >= 4 is 40.8 Å². The first-order valence-electron chi connectivity index (χ1n) is 6.97. The Morgan fingerprint density at radius 3 is 2.58 bits per heavy atom.